The van der Waals surface area contributed by atoms with Crippen LogP contribution in [0.5, 0.6) is 0 Å². The highest BCUT2D eigenvalue weighted by atomic mass is 16.5. The molecule has 1 unspecified atom stereocenters. The van der Waals surface area contributed by atoms with Gasteiger partial charge in [-0.25, -0.2) is 0 Å². The Kier molecular flexibility index (Phi) is 3.26. The van der Waals surface area contributed by atoms with Crippen LogP contribution in [0.1, 0.15) is 38.5 Å². The van der Waals surface area contributed by atoms with E-state index in [-0.39, 0.29) is 6.10 Å². The van der Waals surface area contributed by atoms with Crippen LogP contribution in [0.2, 0.25) is 0 Å². The maximum atomic E-state index is 11.1. The van der Waals surface area contributed by atoms with E-state index in [2.05, 4.69) is 5.32 Å². The first-order chi connectivity index (χ1) is 7.23. The summed E-state index contributed by atoms with van der Waals surface area (Å²) in [6.07, 6.45) is 6.15. The summed E-state index contributed by atoms with van der Waals surface area (Å²) >= 11 is 0. The molecule has 0 aromatic carbocycles. The summed E-state index contributed by atoms with van der Waals surface area (Å²) in [5, 5.41) is 12.3. The molecule has 2 aliphatic rings. The van der Waals surface area contributed by atoms with Gasteiger partial charge in [0.05, 0.1) is 6.10 Å². The molecule has 0 bridgehead atoms. The third-order valence-corrected chi connectivity index (χ3v) is 3.56. The maximum absolute atomic E-state index is 11.1. The zero-order valence-electron chi connectivity index (χ0n) is 9.00. The van der Waals surface area contributed by atoms with Crippen LogP contribution >= 0.6 is 0 Å². The predicted octanol–water partition coefficient (Wildman–Crippen LogP) is 1.15. The first-order valence-corrected chi connectivity index (χ1v) is 5.83. The van der Waals surface area contributed by atoms with Crippen molar-refractivity contribution in [3.63, 3.8) is 0 Å². The molecular formula is C11H19NO3. The lowest BCUT2D eigenvalue weighted by Gasteiger charge is -2.39. The summed E-state index contributed by atoms with van der Waals surface area (Å²) in [5.74, 6) is -0.704. The van der Waals surface area contributed by atoms with Crippen molar-refractivity contribution in [3.8, 4) is 0 Å². The lowest BCUT2D eigenvalue weighted by atomic mass is 9.76. The standard InChI is InChI=1S/C11H19NO3/c13-10(14)11(5-3-6-11)12-8-9-4-1-2-7-15-9/h9,12H,1-8H2,(H,13,14). The topological polar surface area (TPSA) is 58.6 Å². The Labute approximate surface area is 90.0 Å². The van der Waals surface area contributed by atoms with E-state index >= 15 is 0 Å². The fourth-order valence-electron chi connectivity index (χ4n) is 2.27. The van der Waals surface area contributed by atoms with E-state index in [4.69, 9.17) is 9.84 Å². The van der Waals surface area contributed by atoms with E-state index in [0.29, 0.717) is 6.54 Å². The summed E-state index contributed by atoms with van der Waals surface area (Å²) in [7, 11) is 0. The molecule has 4 nitrogen and oxygen atoms in total. The van der Waals surface area contributed by atoms with Gasteiger partial charge in [0.15, 0.2) is 0 Å². The van der Waals surface area contributed by atoms with Crippen LogP contribution in [-0.2, 0) is 9.53 Å². The van der Waals surface area contributed by atoms with Gasteiger partial charge >= 0.3 is 5.97 Å². The van der Waals surface area contributed by atoms with E-state index in [1.807, 2.05) is 0 Å². The molecule has 2 fully saturated rings. The van der Waals surface area contributed by atoms with Crippen LogP contribution in [0.25, 0.3) is 0 Å². The third kappa shape index (κ3) is 2.32. The molecule has 1 saturated heterocycles. The number of rotatable bonds is 4. The van der Waals surface area contributed by atoms with Crippen LogP contribution in [0.3, 0.4) is 0 Å². The average Bonchev–Trinajstić information content (AvgIpc) is 2.17. The molecule has 1 aliphatic carbocycles. The molecule has 1 aliphatic heterocycles. The maximum Gasteiger partial charge on any atom is 0.323 e. The highest BCUT2D eigenvalue weighted by molar-refractivity contribution is 5.79. The van der Waals surface area contributed by atoms with E-state index in [1.54, 1.807) is 0 Å². The molecule has 0 amide bonds. The number of carbonyl (C=O) groups is 1. The number of nitrogens with one attached hydrogen (secondary N) is 1. The smallest absolute Gasteiger partial charge is 0.323 e. The van der Waals surface area contributed by atoms with Gasteiger partial charge in [0.25, 0.3) is 0 Å². The summed E-state index contributed by atoms with van der Waals surface area (Å²) in [4.78, 5) is 11.1. The van der Waals surface area contributed by atoms with Crippen molar-refractivity contribution in [2.75, 3.05) is 13.2 Å². The molecular weight excluding hydrogens is 194 g/mol. The second-order valence-electron chi connectivity index (χ2n) is 4.61. The molecule has 0 aromatic rings. The largest absolute Gasteiger partial charge is 0.480 e. The van der Waals surface area contributed by atoms with Crippen LogP contribution in [0.4, 0.5) is 0 Å². The zero-order chi connectivity index (χ0) is 10.7. The molecule has 1 heterocycles. The quantitative estimate of drug-likeness (QED) is 0.735. The fraction of sp³-hybridized carbons (Fsp3) is 0.909. The second-order valence-corrected chi connectivity index (χ2v) is 4.61. The minimum atomic E-state index is -0.704. The second kappa shape index (κ2) is 4.49. The summed E-state index contributed by atoms with van der Waals surface area (Å²) in [6.45, 7) is 1.51. The summed E-state index contributed by atoms with van der Waals surface area (Å²) < 4.78 is 5.57. The van der Waals surface area contributed by atoms with Gasteiger partial charge in [-0.1, -0.05) is 0 Å². The lowest BCUT2D eigenvalue weighted by molar-refractivity contribution is -0.149. The van der Waals surface area contributed by atoms with Crippen LogP contribution < -0.4 is 5.32 Å². The Morgan fingerprint density at radius 2 is 2.20 bits per heavy atom. The average molecular weight is 213 g/mol. The Hall–Kier alpha value is -0.610. The SMILES string of the molecule is O=C(O)C1(NCC2CCCCO2)CCC1. The number of carboxylic acid groups (broad SMARTS) is 1. The van der Waals surface area contributed by atoms with Crippen molar-refractivity contribution in [2.24, 2.45) is 0 Å². The Morgan fingerprint density at radius 3 is 2.67 bits per heavy atom. The van der Waals surface area contributed by atoms with Gasteiger partial charge in [0, 0.05) is 13.2 Å². The highest BCUT2D eigenvalue weighted by Gasteiger charge is 2.44. The van der Waals surface area contributed by atoms with Gasteiger partial charge in [0.2, 0.25) is 0 Å². The van der Waals surface area contributed by atoms with E-state index < -0.39 is 11.5 Å². The zero-order valence-corrected chi connectivity index (χ0v) is 9.00. The molecule has 1 saturated carbocycles. The van der Waals surface area contributed by atoms with Gasteiger partial charge in [-0.05, 0) is 38.5 Å². The number of hydrogen-bond acceptors (Lipinski definition) is 3. The summed E-state index contributed by atoms with van der Waals surface area (Å²) in [5.41, 5.74) is -0.638. The first kappa shape index (κ1) is 10.9. The molecule has 0 aromatic heterocycles. The van der Waals surface area contributed by atoms with Crippen molar-refractivity contribution >= 4 is 5.97 Å². The van der Waals surface area contributed by atoms with Gasteiger partial charge in [-0.3, -0.25) is 10.1 Å². The van der Waals surface area contributed by atoms with Crippen molar-refractivity contribution in [1.82, 2.24) is 5.32 Å². The van der Waals surface area contributed by atoms with Crippen LogP contribution in [-0.4, -0.2) is 35.9 Å². The number of aliphatic carboxylic acids is 1. The molecule has 1 atom stereocenters. The van der Waals surface area contributed by atoms with Gasteiger partial charge in [-0.2, -0.15) is 0 Å². The third-order valence-electron chi connectivity index (χ3n) is 3.56. The van der Waals surface area contributed by atoms with Crippen molar-refractivity contribution in [3.05, 3.63) is 0 Å². The number of ether oxygens (including phenoxy) is 1. The summed E-state index contributed by atoms with van der Waals surface area (Å²) in [6, 6.07) is 0. The lowest BCUT2D eigenvalue weighted by Crippen LogP contribution is -2.59. The Bertz CT molecular complexity index is 232. The first-order valence-electron chi connectivity index (χ1n) is 5.83. The molecule has 2 N–H and O–H groups in total. The van der Waals surface area contributed by atoms with Gasteiger partial charge < -0.3 is 9.84 Å². The fourth-order valence-corrected chi connectivity index (χ4v) is 2.27. The number of hydrogen-bond donors (Lipinski definition) is 2. The minimum absolute atomic E-state index is 0.218. The number of carboxylic acids is 1. The molecule has 2 rings (SSSR count). The molecule has 0 spiro atoms. The van der Waals surface area contributed by atoms with Crippen LogP contribution in [0, 0.1) is 0 Å². The minimum Gasteiger partial charge on any atom is -0.480 e. The van der Waals surface area contributed by atoms with E-state index in [9.17, 15) is 4.79 Å². The van der Waals surface area contributed by atoms with E-state index in [1.165, 1.54) is 6.42 Å². The Morgan fingerprint density at radius 1 is 1.40 bits per heavy atom. The molecule has 4 heteroatoms. The molecule has 15 heavy (non-hydrogen) atoms. The van der Waals surface area contributed by atoms with Gasteiger partial charge in [0.1, 0.15) is 5.54 Å². The van der Waals surface area contributed by atoms with Crippen molar-refractivity contribution in [1.29, 1.82) is 0 Å². The molecule has 0 radical (unpaired) electrons. The van der Waals surface area contributed by atoms with Crippen LogP contribution in [0.15, 0.2) is 0 Å². The monoisotopic (exact) mass is 213 g/mol. The molecule has 86 valence electrons. The normalized spacial score (nSPS) is 29.5. The predicted molar refractivity (Wildman–Crippen MR) is 55.8 cm³/mol. The Balaban J connectivity index is 1.78. The van der Waals surface area contributed by atoms with E-state index in [0.717, 1.165) is 38.7 Å². The van der Waals surface area contributed by atoms with Crippen molar-refractivity contribution in [2.45, 2.75) is 50.2 Å². The highest BCUT2D eigenvalue weighted by Crippen LogP contribution is 2.32. The van der Waals surface area contributed by atoms with Crippen molar-refractivity contribution < 1.29 is 14.6 Å². The van der Waals surface area contributed by atoms with Gasteiger partial charge in [-0.15, -0.1) is 0 Å².